The van der Waals surface area contributed by atoms with Crippen molar-refractivity contribution in [3.63, 3.8) is 0 Å². The Kier molecular flexibility index (Phi) is 10.2. The van der Waals surface area contributed by atoms with E-state index in [0.29, 0.717) is 0 Å². The van der Waals surface area contributed by atoms with Crippen molar-refractivity contribution in [3.05, 3.63) is 279 Å². The third-order valence-corrected chi connectivity index (χ3v) is 14.0. The van der Waals surface area contributed by atoms with E-state index in [9.17, 15) is 0 Å². The van der Waals surface area contributed by atoms with Gasteiger partial charge in [-0.05, 0) is 138 Å². The van der Waals surface area contributed by atoms with Gasteiger partial charge in [0.2, 0.25) is 0 Å². The average Bonchev–Trinajstić information content (AvgIpc) is 3.78. The van der Waals surface area contributed by atoms with Crippen molar-refractivity contribution >= 4 is 60.4 Å². The molecule has 0 saturated carbocycles. The van der Waals surface area contributed by atoms with Crippen LogP contribution in [0.1, 0.15) is 0 Å². The molecule has 1 aromatic heterocycles. The Morgan fingerprint density at radius 2 is 0.643 bits per heavy atom. The summed E-state index contributed by atoms with van der Waals surface area (Å²) in [6.07, 6.45) is 0. The molecule has 0 unspecified atom stereocenters. The van der Waals surface area contributed by atoms with Gasteiger partial charge in [0.1, 0.15) is 0 Å². The van der Waals surface area contributed by atoms with Crippen LogP contribution in [0, 0.1) is 0 Å². The Morgan fingerprint density at radius 3 is 1.17 bits per heavy atom. The monoisotopic (exact) mass is 890 g/mol. The van der Waals surface area contributed by atoms with Crippen LogP contribution in [0.4, 0.5) is 17.1 Å². The maximum atomic E-state index is 2.40. The summed E-state index contributed by atoms with van der Waals surface area (Å²) in [5.74, 6) is 0. The molecule has 0 spiro atoms. The van der Waals surface area contributed by atoms with Gasteiger partial charge in [-0.15, -0.1) is 0 Å². The van der Waals surface area contributed by atoms with E-state index in [-0.39, 0.29) is 0 Å². The first-order chi connectivity index (χ1) is 34.7. The van der Waals surface area contributed by atoms with Gasteiger partial charge in [-0.2, -0.15) is 0 Å². The molecule has 0 aliphatic heterocycles. The molecule has 1 heterocycles. The molecular formula is C68H46N2. The first-order valence-electron chi connectivity index (χ1n) is 24.1. The molecule has 0 atom stereocenters. The SMILES string of the molecule is c1ccc(-c2cccc3cccc(-c4ccc(N(c5ccc(-c6cccc(-n7c8ccccc8c8ccccc87)c6)cc5)c5cccc(-c6cccc7cccc(-c8ccccc8)c67)c5)cc4)c23)cc1. The lowest BCUT2D eigenvalue weighted by atomic mass is 9.91. The van der Waals surface area contributed by atoms with E-state index in [0.717, 1.165) is 33.9 Å². The van der Waals surface area contributed by atoms with E-state index in [1.165, 1.54) is 87.9 Å². The number of nitrogens with zero attached hydrogens (tertiary/aromatic N) is 2. The van der Waals surface area contributed by atoms with Crippen LogP contribution in [0.2, 0.25) is 0 Å². The number of aromatic nitrogens is 1. The molecule has 0 saturated heterocycles. The highest BCUT2D eigenvalue weighted by molar-refractivity contribution is 6.10. The van der Waals surface area contributed by atoms with Gasteiger partial charge in [0.15, 0.2) is 0 Å². The van der Waals surface area contributed by atoms with Gasteiger partial charge in [-0.1, -0.05) is 218 Å². The second-order valence-electron chi connectivity index (χ2n) is 18.1. The quantitative estimate of drug-likeness (QED) is 0.140. The van der Waals surface area contributed by atoms with Crippen LogP contribution < -0.4 is 4.90 Å². The minimum Gasteiger partial charge on any atom is -0.310 e. The number of fused-ring (bicyclic) bond motifs is 5. The lowest BCUT2D eigenvalue weighted by molar-refractivity contribution is 1.18. The van der Waals surface area contributed by atoms with Crippen LogP contribution in [-0.2, 0) is 0 Å². The van der Waals surface area contributed by atoms with Crippen LogP contribution in [0.5, 0.6) is 0 Å². The predicted molar refractivity (Wildman–Crippen MR) is 298 cm³/mol. The zero-order valence-corrected chi connectivity index (χ0v) is 38.5. The van der Waals surface area contributed by atoms with Crippen molar-refractivity contribution in [1.82, 2.24) is 4.57 Å². The molecule has 2 heteroatoms. The fourth-order valence-corrected chi connectivity index (χ4v) is 10.8. The summed E-state index contributed by atoms with van der Waals surface area (Å²) >= 11 is 0. The molecular weight excluding hydrogens is 845 g/mol. The molecule has 0 amide bonds. The van der Waals surface area contributed by atoms with E-state index in [1.807, 2.05) is 0 Å². The Morgan fingerprint density at radius 1 is 0.243 bits per heavy atom. The van der Waals surface area contributed by atoms with Crippen molar-refractivity contribution in [3.8, 4) is 61.3 Å². The molecule has 0 N–H and O–H groups in total. The van der Waals surface area contributed by atoms with Gasteiger partial charge in [-0.25, -0.2) is 0 Å². The summed E-state index contributed by atoms with van der Waals surface area (Å²) in [7, 11) is 0. The van der Waals surface area contributed by atoms with Gasteiger partial charge in [0.05, 0.1) is 11.0 Å². The number of para-hydroxylation sites is 2. The number of rotatable bonds is 9. The maximum absolute atomic E-state index is 2.40. The largest absolute Gasteiger partial charge is 0.310 e. The summed E-state index contributed by atoms with van der Waals surface area (Å²) in [5, 5.41) is 7.48. The fourth-order valence-electron chi connectivity index (χ4n) is 10.8. The molecule has 13 aromatic rings. The highest BCUT2D eigenvalue weighted by Gasteiger charge is 2.18. The molecule has 0 bridgehead atoms. The molecule has 0 fully saturated rings. The summed E-state index contributed by atoms with van der Waals surface area (Å²) < 4.78 is 2.39. The zero-order chi connectivity index (χ0) is 46.4. The van der Waals surface area contributed by atoms with E-state index in [2.05, 4.69) is 289 Å². The Hall–Kier alpha value is -9.24. The van der Waals surface area contributed by atoms with Gasteiger partial charge in [-0.3, -0.25) is 0 Å². The highest BCUT2D eigenvalue weighted by Crippen LogP contribution is 2.43. The van der Waals surface area contributed by atoms with E-state index < -0.39 is 0 Å². The average molecular weight is 891 g/mol. The molecule has 12 aromatic carbocycles. The van der Waals surface area contributed by atoms with E-state index >= 15 is 0 Å². The molecule has 0 aliphatic rings. The summed E-state index contributed by atoms with van der Waals surface area (Å²) in [4.78, 5) is 2.40. The Labute approximate surface area is 408 Å². The number of benzene rings is 12. The first-order valence-corrected chi connectivity index (χ1v) is 24.1. The second-order valence-corrected chi connectivity index (χ2v) is 18.1. The lowest BCUT2D eigenvalue weighted by Crippen LogP contribution is -2.10. The highest BCUT2D eigenvalue weighted by atomic mass is 15.1. The smallest absolute Gasteiger partial charge is 0.0541 e. The van der Waals surface area contributed by atoms with Crippen LogP contribution in [-0.4, -0.2) is 4.57 Å². The second kappa shape index (κ2) is 17.4. The Bertz CT molecular complexity index is 3970. The molecule has 328 valence electrons. The lowest BCUT2D eigenvalue weighted by Gasteiger charge is -2.27. The minimum atomic E-state index is 1.08. The fraction of sp³-hybridized carbons (Fsp3) is 0. The molecule has 70 heavy (non-hydrogen) atoms. The van der Waals surface area contributed by atoms with E-state index in [1.54, 1.807) is 0 Å². The normalized spacial score (nSPS) is 11.4. The van der Waals surface area contributed by atoms with E-state index in [4.69, 9.17) is 0 Å². The standard InChI is InChI=1S/C68H46N2/c1-3-17-48(18-4-1)59-31-13-21-51-22-15-33-61(67(51)59)50-39-43-56(44-40-50)69(57-27-12-26-54(46-57)62-34-16-24-52-23-14-32-60(68(52)62)49-19-5-2-6-20-49)55-41-37-47(38-42-55)53-25-11-28-58(45-53)70-65-35-9-7-29-63(65)64-30-8-10-36-66(64)70/h1-46H. The third kappa shape index (κ3) is 7.22. The molecule has 2 nitrogen and oxygen atoms in total. The summed E-state index contributed by atoms with van der Waals surface area (Å²) in [6.45, 7) is 0. The van der Waals surface area contributed by atoms with Gasteiger partial charge < -0.3 is 9.47 Å². The minimum absolute atomic E-state index is 1.08. The van der Waals surface area contributed by atoms with Crippen LogP contribution in [0.3, 0.4) is 0 Å². The van der Waals surface area contributed by atoms with Crippen molar-refractivity contribution in [2.45, 2.75) is 0 Å². The summed E-state index contributed by atoms with van der Waals surface area (Å²) in [5.41, 5.74) is 18.8. The molecule has 0 aliphatic carbocycles. The third-order valence-electron chi connectivity index (χ3n) is 14.0. The molecule has 0 radical (unpaired) electrons. The van der Waals surface area contributed by atoms with Crippen molar-refractivity contribution in [2.24, 2.45) is 0 Å². The van der Waals surface area contributed by atoms with Crippen LogP contribution >= 0.6 is 0 Å². The van der Waals surface area contributed by atoms with Crippen molar-refractivity contribution < 1.29 is 0 Å². The topological polar surface area (TPSA) is 8.17 Å². The number of hydrogen-bond donors (Lipinski definition) is 0. The van der Waals surface area contributed by atoms with Gasteiger partial charge >= 0.3 is 0 Å². The van der Waals surface area contributed by atoms with Crippen molar-refractivity contribution in [1.29, 1.82) is 0 Å². The Balaban J connectivity index is 0.930. The van der Waals surface area contributed by atoms with Crippen molar-refractivity contribution in [2.75, 3.05) is 4.90 Å². The number of anilines is 3. The first kappa shape index (κ1) is 41.0. The maximum Gasteiger partial charge on any atom is 0.0541 e. The van der Waals surface area contributed by atoms with Crippen LogP contribution in [0.15, 0.2) is 279 Å². The van der Waals surface area contributed by atoms with Gasteiger partial charge in [0, 0.05) is 33.5 Å². The van der Waals surface area contributed by atoms with Gasteiger partial charge in [0.25, 0.3) is 0 Å². The summed E-state index contributed by atoms with van der Waals surface area (Å²) in [6, 6.07) is 102. The number of hydrogen-bond acceptors (Lipinski definition) is 1. The molecule has 13 rings (SSSR count). The zero-order valence-electron chi connectivity index (χ0n) is 38.5. The predicted octanol–water partition coefficient (Wildman–Crippen LogP) is 18.9. The van der Waals surface area contributed by atoms with Crippen LogP contribution in [0.25, 0.3) is 105 Å².